The van der Waals surface area contributed by atoms with Crippen LogP contribution in [0.25, 0.3) is 0 Å². The number of para-hydroxylation sites is 1. The van der Waals surface area contributed by atoms with E-state index >= 15 is 0 Å². The van der Waals surface area contributed by atoms with E-state index in [2.05, 4.69) is 52.5 Å². The van der Waals surface area contributed by atoms with Gasteiger partial charge in [0.15, 0.2) is 0 Å². The highest BCUT2D eigenvalue weighted by Crippen LogP contribution is 2.28. The van der Waals surface area contributed by atoms with Crippen molar-refractivity contribution in [1.29, 1.82) is 0 Å². The molecule has 1 aromatic heterocycles. The summed E-state index contributed by atoms with van der Waals surface area (Å²) >= 11 is 0. The average molecular weight is 253 g/mol. The van der Waals surface area contributed by atoms with E-state index in [1.165, 1.54) is 11.3 Å². The van der Waals surface area contributed by atoms with E-state index in [4.69, 9.17) is 0 Å². The zero-order chi connectivity index (χ0) is 13.1. The maximum atomic E-state index is 4.48. The molecule has 0 saturated heterocycles. The molecule has 1 aliphatic rings. The van der Waals surface area contributed by atoms with Crippen LogP contribution in [0.5, 0.6) is 0 Å². The van der Waals surface area contributed by atoms with Crippen molar-refractivity contribution in [3.63, 3.8) is 0 Å². The van der Waals surface area contributed by atoms with E-state index in [-0.39, 0.29) is 0 Å². The molecule has 1 N–H and O–H groups in total. The quantitative estimate of drug-likeness (QED) is 0.907. The SMILES string of the molecule is CCNc1ccnc(CN2CCc3ccccc32)c1. The summed E-state index contributed by atoms with van der Waals surface area (Å²) in [5.74, 6) is 0. The highest BCUT2D eigenvalue weighted by Gasteiger charge is 2.18. The van der Waals surface area contributed by atoms with E-state index in [1.54, 1.807) is 0 Å². The van der Waals surface area contributed by atoms with Crippen LogP contribution in [0.3, 0.4) is 0 Å². The highest BCUT2D eigenvalue weighted by atomic mass is 15.2. The molecule has 0 amide bonds. The molecule has 0 aliphatic carbocycles. The number of benzene rings is 1. The van der Waals surface area contributed by atoms with E-state index in [0.29, 0.717) is 0 Å². The molecule has 0 radical (unpaired) electrons. The molecule has 0 atom stereocenters. The first-order valence-electron chi connectivity index (χ1n) is 6.88. The number of anilines is 2. The van der Waals surface area contributed by atoms with Crippen molar-refractivity contribution in [2.24, 2.45) is 0 Å². The van der Waals surface area contributed by atoms with Gasteiger partial charge in [0, 0.05) is 30.7 Å². The zero-order valence-corrected chi connectivity index (χ0v) is 11.3. The van der Waals surface area contributed by atoms with Crippen LogP contribution < -0.4 is 10.2 Å². The molecule has 3 rings (SSSR count). The van der Waals surface area contributed by atoms with Crippen LogP contribution >= 0.6 is 0 Å². The van der Waals surface area contributed by atoms with Gasteiger partial charge >= 0.3 is 0 Å². The first-order valence-corrected chi connectivity index (χ1v) is 6.88. The Balaban J connectivity index is 1.77. The minimum atomic E-state index is 0.885. The van der Waals surface area contributed by atoms with Crippen molar-refractivity contribution in [3.05, 3.63) is 53.9 Å². The molecule has 0 saturated carbocycles. The predicted molar refractivity (Wildman–Crippen MR) is 79.6 cm³/mol. The minimum absolute atomic E-state index is 0.885. The van der Waals surface area contributed by atoms with Crippen LogP contribution in [0.2, 0.25) is 0 Å². The van der Waals surface area contributed by atoms with Crippen LogP contribution in [0.15, 0.2) is 42.6 Å². The molecule has 0 unspecified atom stereocenters. The summed E-state index contributed by atoms with van der Waals surface area (Å²) in [6.45, 7) is 5.02. The van der Waals surface area contributed by atoms with Gasteiger partial charge in [-0.25, -0.2) is 0 Å². The van der Waals surface area contributed by atoms with E-state index < -0.39 is 0 Å². The number of rotatable bonds is 4. The molecule has 19 heavy (non-hydrogen) atoms. The van der Waals surface area contributed by atoms with E-state index in [0.717, 1.165) is 37.4 Å². The summed E-state index contributed by atoms with van der Waals surface area (Å²) in [6, 6.07) is 12.8. The number of aromatic nitrogens is 1. The molecule has 0 bridgehead atoms. The summed E-state index contributed by atoms with van der Waals surface area (Å²) in [5.41, 5.74) is 5.08. The van der Waals surface area contributed by atoms with Crippen LogP contribution in [0.4, 0.5) is 11.4 Å². The molecule has 2 heterocycles. The molecule has 98 valence electrons. The Kier molecular flexibility index (Phi) is 3.36. The molecule has 0 fully saturated rings. The number of nitrogens with one attached hydrogen (secondary N) is 1. The van der Waals surface area contributed by atoms with Gasteiger partial charge in [0.1, 0.15) is 0 Å². The van der Waals surface area contributed by atoms with Gasteiger partial charge in [-0.1, -0.05) is 18.2 Å². The van der Waals surface area contributed by atoms with Crippen LogP contribution in [-0.2, 0) is 13.0 Å². The summed E-state index contributed by atoms with van der Waals surface area (Å²) in [6.07, 6.45) is 3.03. The standard InChI is InChI=1S/C16H19N3/c1-2-17-14-7-9-18-15(11-14)12-19-10-8-13-5-3-4-6-16(13)19/h3-7,9,11H,2,8,10,12H2,1H3,(H,17,18). The third-order valence-corrected chi connectivity index (χ3v) is 3.53. The maximum absolute atomic E-state index is 4.48. The Morgan fingerprint density at radius 2 is 2.16 bits per heavy atom. The Morgan fingerprint density at radius 3 is 3.05 bits per heavy atom. The van der Waals surface area contributed by atoms with Gasteiger partial charge in [0.05, 0.1) is 12.2 Å². The molecular weight excluding hydrogens is 234 g/mol. The lowest BCUT2D eigenvalue weighted by Crippen LogP contribution is -2.20. The normalized spacial score (nSPS) is 13.4. The second-order valence-electron chi connectivity index (χ2n) is 4.87. The van der Waals surface area contributed by atoms with Crippen LogP contribution in [0.1, 0.15) is 18.2 Å². The number of hydrogen-bond donors (Lipinski definition) is 1. The Bertz CT molecular complexity index is 565. The van der Waals surface area contributed by atoms with Crippen molar-refractivity contribution < 1.29 is 0 Å². The fraction of sp³-hybridized carbons (Fsp3) is 0.312. The Hall–Kier alpha value is -2.03. The molecule has 0 spiro atoms. The minimum Gasteiger partial charge on any atom is -0.385 e. The Morgan fingerprint density at radius 1 is 1.26 bits per heavy atom. The first kappa shape index (κ1) is 12.0. The largest absolute Gasteiger partial charge is 0.385 e. The van der Waals surface area contributed by atoms with E-state index in [1.807, 2.05) is 12.3 Å². The third kappa shape index (κ3) is 2.55. The molecule has 3 heteroatoms. The van der Waals surface area contributed by atoms with Gasteiger partial charge in [0.2, 0.25) is 0 Å². The summed E-state index contributed by atoms with van der Waals surface area (Å²) in [4.78, 5) is 6.89. The van der Waals surface area contributed by atoms with Gasteiger partial charge in [-0.2, -0.15) is 0 Å². The number of pyridine rings is 1. The predicted octanol–water partition coefficient (Wildman–Crippen LogP) is 3.08. The lowest BCUT2D eigenvalue weighted by molar-refractivity contribution is 0.814. The van der Waals surface area contributed by atoms with Gasteiger partial charge in [-0.05, 0) is 37.1 Å². The summed E-state index contributed by atoms with van der Waals surface area (Å²) < 4.78 is 0. The summed E-state index contributed by atoms with van der Waals surface area (Å²) in [7, 11) is 0. The van der Waals surface area contributed by atoms with Crippen molar-refractivity contribution in [3.8, 4) is 0 Å². The zero-order valence-electron chi connectivity index (χ0n) is 11.3. The van der Waals surface area contributed by atoms with Gasteiger partial charge < -0.3 is 10.2 Å². The molecule has 2 aromatic rings. The van der Waals surface area contributed by atoms with Crippen molar-refractivity contribution in [1.82, 2.24) is 4.98 Å². The van der Waals surface area contributed by atoms with Gasteiger partial charge in [-0.15, -0.1) is 0 Å². The number of fused-ring (bicyclic) bond motifs is 1. The smallest absolute Gasteiger partial charge is 0.0617 e. The third-order valence-electron chi connectivity index (χ3n) is 3.53. The molecule has 1 aromatic carbocycles. The monoisotopic (exact) mass is 253 g/mol. The van der Waals surface area contributed by atoms with Crippen LogP contribution in [0, 0.1) is 0 Å². The number of hydrogen-bond acceptors (Lipinski definition) is 3. The molecule has 3 nitrogen and oxygen atoms in total. The highest BCUT2D eigenvalue weighted by molar-refractivity contribution is 5.58. The molecule has 1 aliphatic heterocycles. The lowest BCUT2D eigenvalue weighted by Gasteiger charge is -2.19. The van der Waals surface area contributed by atoms with E-state index in [9.17, 15) is 0 Å². The van der Waals surface area contributed by atoms with Crippen molar-refractivity contribution in [2.45, 2.75) is 19.9 Å². The second-order valence-corrected chi connectivity index (χ2v) is 4.87. The van der Waals surface area contributed by atoms with Gasteiger partial charge in [-0.3, -0.25) is 4.98 Å². The maximum Gasteiger partial charge on any atom is 0.0617 e. The fourth-order valence-corrected chi connectivity index (χ4v) is 2.65. The Labute approximate surface area is 114 Å². The topological polar surface area (TPSA) is 28.2 Å². The first-order chi connectivity index (χ1) is 9.36. The van der Waals surface area contributed by atoms with Crippen molar-refractivity contribution >= 4 is 11.4 Å². The lowest BCUT2D eigenvalue weighted by atomic mass is 10.2. The molecular formula is C16H19N3. The van der Waals surface area contributed by atoms with Gasteiger partial charge in [0.25, 0.3) is 0 Å². The average Bonchev–Trinajstić information content (AvgIpc) is 2.83. The van der Waals surface area contributed by atoms with Crippen LogP contribution in [-0.4, -0.2) is 18.1 Å². The van der Waals surface area contributed by atoms with Crippen molar-refractivity contribution in [2.75, 3.05) is 23.3 Å². The second kappa shape index (κ2) is 5.31. The summed E-state index contributed by atoms with van der Waals surface area (Å²) in [5, 5.41) is 3.33. The number of nitrogens with zero attached hydrogens (tertiary/aromatic N) is 2. The fourth-order valence-electron chi connectivity index (χ4n) is 2.65.